The molecule has 2 aliphatic carbocycles. The van der Waals surface area contributed by atoms with Crippen LogP contribution in [0.25, 0.3) is 0 Å². The van der Waals surface area contributed by atoms with E-state index in [-0.39, 0.29) is 0 Å². The highest BCUT2D eigenvalue weighted by Gasteiger charge is 2.46. The first-order valence-corrected chi connectivity index (χ1v) is 7.79. The van der Waals surface area contributed by atoms with Gasteiger partial charge in [-0.25, -0.2) is 0 Å². The van der Waals surface area contributed by atoms with Crippen molar-refractivity contribution in [2.75, 3.05) is 33.7 Å². The number of nitrogens with zero attached hydrogens (tertiary/aromatic N) is 2. The summed E-state index contributed by atoms with van der Waals surface area (Å²) in [5.41, 5.74) is 6.45. The number of likely N-dealkylation sites (tertiary alicyclic amines) is 1. The van der Waals surface area contributed by atoms with Crippen LogP contribution in [0.15, 0.2) is 0 Å². The van der Waals surface area contributed by atoms with Crippen molar-refractivity contribution in [3.63, 3.8) is 0 Å². The first-order valence-electron chi connectivity index (χ1n) is 7.79. The molecule has 3 aliphatic rings. The molecule has 3 nitrogen and oxygen atoms in total. The lowest BCUT2D eigenvalue weighted by molar-refractivity contribution is 0.145. The van der Waals surface area contributed by atoms with Gasteiger partial charge in [-0.2, -0.15) is 0 Å². The Morgan fingerprint density at radius 2 is 1.94 bits per heavy atom. The smallest absolute Gasteiger partial charge is 0.0223 e. The van der Waals surface area contributed by atoms with Crippen molar-refractivity contribution < 1.29 is 0 Å². The lowest BCUT2D eigenvalue weighted by atomic mass is 9.84. The molecule has 0 radical (unpaired) electrons. The number of fused-ring (bicyclic) bond motifs is 2. The van der Waals surface area contributed by atoms with E-state index in [2.05, 4.69) is 23.9 Å². The molecular weight excluding hydrogens is 222 g/mol. The number of rotatable bonds is 4. The van der Waals surface area contributed by atoms with Gasteiger partial charge in [0.2, 0.25) is 0 Å². The third-order valence-corrected chi connectivity index (χ3v) is 5.68. The lowest BCUT2D eigenvalue weighted by Gasteiger charge is -2.35. The third kappa shape index (κ3) is 2.33. The maximum absolute atomic E-state index is 6.45. The molecule has 2 saturated carbocycles. The van der Waals surface area contributed by atoms with Gasteiger partial charge in [0.1, 0.15) is 0 Å². The van der Waals surface area contributed by atoms with Gasteiger partial charge < -0.3 is 10.6 Å². The summed E-state index contributed by atoms with van der Waals surface area (Å²) in [4.78, 5) is 5.08. The molecule has 3 rings (SSSR count). The summed E-state index contributed by atoms with van der Waals surface area (Å²) >= 11 is 0. The molecule has 2 N–H and O–H groups in total. The standard InChI is InChI=1S/C15H29N3/c1-17(2)9-13-4-3-7-18(13)10-14-11-5-6-12(8-11)15(14)16/h11-15H,3-10,16H2,1-2H3. The molecule has 1 heterocycles. The fourth-order valence-electron chi connectivity index (χ4n) is 4.76. The Balaban J connectivity index is 1.58. The molecule has 18 heavy (non-hydrogen) atoms. The first-order chi connectivity index (χ1) is 8.65. The van der Waals surface area contributed by atoms with Crippen LogP contribution in [-0.4, -0.2) is 55.6 Å². The van der Waals surface area contributed by atoms with Crippen LogP contribution in [0, 0.1) is 17.8 Å². The fourth-order valence-corrected chi connectivity index (χ4v) is 4.76. The van der Waals surface area contributed by atoms with Crippen LogP contribution in [-0.2, 0) is 0 Å². The Bertz CT molecular complexity index is 289. The summed E-state index contributed by atoms with van der Waals surface area (Å²) in [5, 5.41) is 0. The molecule has 0 spiro atoms. The van der Waals surface area contributed by atoms with Crippen LogP contribution in [0.1, 0.15) is 32.1 Å². The van der Waals surface area contributed by atoms with E-state index >= 15 is 0 Å². The minimum Gasteiger partial charge on any atom is -0.327 e. The Morgan fingerprint density at radius 3 is 2.61 bits per heavy atom. The summed E-state index contributed by atoms with van der Waals surface area (Å²) in [6, 6.07) is 1.29. The molecular formula is C15H29N3. The second kappa shape index (κ2) is 5.10. The van der Waals surface area contributed by atoms with E-state index < -0.39 is 0 Å². The summed E-state index contributed by atoms with van der Waals surface area (Å²) in [6.07, 6.45) is 7.06. The van der Waals surface area contributed by atoms with Crippen molar-refractivity contribution in [1.82, 2.24) is 9.80 Å². The number of nitrogens with two attached hydrogens (primary N) is 1. The van der Waals surface area contributed by atoms with E-state index in [0.717, 1.165) is 23.8 Å². The molecule has 3 fully saturated rings. The van der Waals surface area contributed by atoms with Gasteiger partial charge in [-0.1, -0.05) is 0 Å². The predicted molar refractivity (Wildman–Crippen MR) is 75.4 cm³/mol. The molecule has 1 aliphatic heterocycles. The first kappa shape index (κ1) is 12.9. The van der Waals surface area contributed by atoms with Gasteiger partial charge >= 0.3 is 0 Å². The fraction of sp³-hybridized carbons (Fsp3) is 1.00. The molecule has 2 bridgehead atoms. The van der Waals surface area contributed by atoms with Crippen molar-refractivity contribution in [2.24, 2.45) is 23.5 Å². The summed E-state index contributed by atoms with van der Waals surface area (Å²) in [7, 11) is 4.39. The quantitative estimate of drug-likeness (QED) is 0.819. The molecule has 104 valence electrons. The maximum atomic E-state index is 6.45. The summed E-state index contributed by atoms with van der Waals surface area (Å²) in [5.74, 6) is 2.60. The van der Waals surface area contributed by atoms with Crippen molar-refractivity contribution >= 4 is 0 Å². The molecule has 0 aromatic heterocycles. The van der Waals surface area contributed by atoms with Gasteiger partial charge in [0.05, 0.1) is 0 Å². The second-order valence-corrected chi connectivity index (χ2v) is 7.13. The molecule has 5 atom stereocenters. The molecule has 0 aromatic rings. The number of hydrogen-bond acceptors (Lipinski definition) is 3. The Hall–Kier alpha value is -0.120. The van der Waals surface area contributed by atoms with E-state index in [1.807, 2.05) is 0 Å². The lowest BCUT2D eigenvalue weighted by Crippen LogP contribution is -2.46. The van der Waals surface area contributed by atoms with Gasteiger partial charge in [-0.3, -0.25) is 4.90 Å². The van der Waals surface area contributed by atoms with Crippen molar-refractivity contribution in [3.05, 3.63) is 0 Å². The molecule has 1 saturated heterocycles. The predicted octanol–water partition coefficient (Wildman–Crippen LogP) is 1.39. The molecule has 3 heteroatoms. The van der Waals surface area contributed by atoms with Crippen LogP contribution >= 0.6 is 0 Å². The Labute approximate surface area is 112 Å². The van der Waals surface area contributed by atoms with E-state index in [9.17, 15) is 0 Å². The minimum absolute atomic E-state index is 0.504. The van der Waals surface area contributed by atoms with E-state index in [1.165, 1.54) is 51.7 Å². The van der Waals surface area contributed by atoms with Crippen molar-refractivity contribution in [2.45, 2.75) is 44.2 Å². The topological polar surface area (TPSA) is 32.5 Å². The van der Waals surface area contributed by atoms with Crippen molar-refractivity contribution in [3.8, 4) is 0 Å². The number of likely N-dealkylation sites (N-methyl/N-ethyl adjacent to an activating group) is 1. The summed E-state index contributed by atoms with van der Waals surface area (Å²) < 4.78 is 0. The molecule has 0 amide bonds. The second-order valence-electron chi connectivity index (χ2n) is 7.13. The number of hydrogen-bond donors (Lipinski definition) is 1. The highest BCUT2D eigenvalue weighted by molar-refractivity contribution is 5.00. The van der Waals surface area contributed by atoms with E-state index in [0.29, 0.717) is 6.04 Å². The monoisotopic (exact) mass is 251 g/mol. The van der Waals surface area contributed by atoms with Crippen LogP contribution in [0.3, 0.4) is 0 Å². The highest BCUT2D eigenvalue weighted by Crippen LogP contribution is 2.48. The molecule has 0 aromatic carbocycles. The minimum atomic E-state index is 0.504. The zero-order valence-electron chi connectivity index (χ0n) is 12.0. The van der Waals surface area contributed by atoms with Gasteiger partial charge in [0.25, 0.3) is 0 Å². The van der Waals surface area contributed by atoms with Gasteiger partial charge in [0.15, 0.2) is 0 Å². The van der Waals surface area contributed by atoms with Gasteiger partial charge in [-0.15, -0.1) is 0 Å². The van der Waals surface area contributed by atoms with Crippen molar-refractivity contribution in [1.29, 1.82) is 0 Å². The zero-order valence-corrected chi connectivity index (χ0v) is 12.0. The van der Waals surface area contributed by atoms with Crippen LogP contribution in [0.4, 0.5) is 0 Å². The van der Waals surface area contributed by atoms with Crippen LogP contribution in [0.2, 0.25) is 0 Å². The zero-order chi connectivity index (χ0) is 12.7. The van der Waals surface area contributed by atoms with E-state index in [1.54, 1.807) is 0 Å². The normalized spacial score (nSPS) is 44.3. The highest BCUT2D eigenvalue weighted by atomic mass is 15.2. The van der Waals surface area contributed by atoms with Crippen LogP contribution < -0.4 is 5.73 Å². The molecule has 5 unspecified atom stereocenters. The van der Waals surface area contributed by atoms with Gasteiger partial charge in [-0.05, 0) is 70.5 Å². The Kier molecular flexibility index (Phi) is 3.65. The van der Waals surface area contributed by atoms with Gasteiger partial charge in [0, 0.05) is 25.2 Å². The average molecular weight is 251 g/mol. The maximum Gasteiger partial charge on any atom is 0.0223 e. The Morgan fingerprint density at radius 1 is 1.17 bits per heavy atom. The van der Waals surface area contributed by atoms with E-state index in [4.69, 9.17) is 5.73 Å². The SMILES string of the molecule is CN(C)CC1CCCN1CC1C2CCC(C2)C1N. The average Bonchev–Trinajstić information content (AvgIpc) is 2.98. The largest absolute Gasteiger partial charge is 0.327 e. The van der Waals surface area contributed by atoms with Crippen LogP contribution in [0.5, 0.6) is 0 Å². The summed E-state index contributed by atoms with van der Waals surface area (Å²) in [6.45, 7) is 3.80. The third-order valence-electron chi connectivity index (χ3n) is 5.68.